The third-order valence-corrected chi connectivity index (χ3v) is 4.00. The molecule has 21 heavy (non-hydrogen) atoms. The molecule has 1 saturated heterocycles. The number of alkyl halides is 1. The Morgan fingerprint density at radius 2 is 2.05 bits per heavy atom. The first-order chi connectivity index (χ1) is 9.85. The second kappa shape index (κ2) is 6.56. The number of halogens is 1. The van der Waals surface area contributed by atoms with Crippen molar-refractivity contribution in [2.24, 2.45) is 11.7 Å². The Kier molecular flexibility index (Phi) is 4.99. The van der Waals surface area contributed by atoms with Crippen LogP contribution in [0.5, 0.6) is 0 Å². The zero-order valence-corrected chi connectivity index (χ0v) is 12.7. The van der Waals surface area contributed by atoms with E-state index >= 15 is 0 Å². The van der Waals surface area contributed by atoms with Gasteiger partial charge in [-0.05, 0) is 45.1 Å². The molecule has 1 heterocycles. The Hall–Kier alpha value is -1.42. The second-order valence-corrected chi connectivity index (χ2v) is 6.52. The lowest BCUT2D eigenvalue weighted by atomic mass is 9.91. The Bertz CT molecular complexity index is 469. The highest BCUT2D eigenvalue weighted by Gasteiger charge is 2.38. The molecule has 1 aromatic rings. The number of nitrogens with two attached hydrogens (primary N) is 1. The van der Waals surface area contributed by atoms with Gasteiger partial charge in [-0.25, -0.2) is 4.39 Å². The predicted molar refractivity (Wildman–Crippen MR) is 80.5 cm³/mol. The Morgan fingerprint density at radius 3 is 2.67 bits per heavy atom. The van der Waals surface area contributed by atoms with Crippen LogP contribution in [0.3, 0.4) is 0 Å². The number of hydrogen-bond acceptors (Lipinski definition) is 3. The molecular formula is C17H24FNO2. The largest absolute Gasteiger partial charge is 0.460 e. The number of benzene rings is 1. The molecule has 2 N–H and O–H groups in total. The van der Waals surface area contributed by atoms with Gasteiger partial charge in [0, 0.05) is 6.04 Å². The first kappa shape index (κ1) is 16.0. The zero-order valence-electron chi connectivity index (χ0n) is 12.7. The number of cyclic esters (lactones) is 1. The summed E-state index contributed by atoms with van der Waals surface area (Å²) in [6, 6.07) is 9.71. The van der Waals surface area contributed by atoms with Crippen molar-refractivity contribution < 1.29 is 13.9 Å². The van der Waals surface area contributed by atoms with Crippen molar-refractivity contribution in [3.8, 4) is 0 Å². The van der Waals surface area contributed by atoms with E-state index in [9.17, 15) is 9.18 Å². The van der Waals surface area contributed by atoms with Crippen molar-refractivity contribution in [1.82, 2.24) is 0 Å². The minimum Gasteiger partial charge on any atom is -0.460 e. The Balaban J connectivity index is 1.86. The third-order valence-electron chi connectivity index (χ3n) is 4.00. The van der Waals surface area contributed by atoms with Gasteiger partial charge in [-0.3, -0.25) is 4.79 Å². The molecule has 3 unspecified atom stereocenters. The van der Waals surface area contributed by atoms with Gasteiger partial charge in [0.25, 0.3) is 0 Å². The molecule has 1 aliphatic rings. The van der Waals surface area contributed by atoms with Crippen LogP contribution in [0.4, 0.5) is 4.39 Å². The molecule has 0 saturated carbocycles. The number of rotatable bonds is 6. The summed E-state index contributed by atoms with van der Waals surface area (Å²) in [5.74, 6) is -0.445. The molecule has 1 fully saturated rings. The number of hydrogen-bond donors (Lipinski definition) is 1. The molecule has 0 amide bonds. The molecule has 0 bridgehead atoms. The smallest absolute Gasteiger partial charge is 0.309 e. The van der Waals surface area contributed by atoms with E-state index in [1.165, 1.54) is 13.8 Å². The predicted octanol–water partition coefficient (Wildman–Crippen LogP) is 3.02. The van der Waals surface area contributed by atoms with E-state index in [0.717, 1.165) is 5.56 Å². The van der Waals surface area contributed by atoms with E-state index in [-0.39, 0.29) is 24.0 Å². The van der Waals surface area contributed by atoms with Crippen LogP contribution >= 0.6 is 0 Å². The summed E-state index contributed by atoms with van der Waals surface area (Å²) < 4.78 is 18.9. The quantitative estimate of drug-likeness (QED) is 0.820. The minimum absolute atomic E-state index is 0.209. The fraction of sp³-hybridized carbons (Fsp3) is 0.588. The van der Waals surface area contributed by atoms with Gasteiger partial charge in [0.2, 0.25) is 0 Å². The van der Waals surface area contributed by atoms with Crippen molar-refractivity contribution in [2.75, 3.05) is 0 Å². The van der Waals surface area contributed by atoms with E-state index in [4.69, 9.17) is 10.5 Å². The summed E-state index contributed by atoms with van der Waals surface area (Å²) in [4.78, 5) is 11.9. The number of ether oxygens (including phenoxy) is 1. The van der Waals surface area contributed by atoms with Gasteiger partial charge in [-0.2, -0.15) is 0 Å². The summed E-state index contributed by atoms with van der Waals surface area (Å²) in [7, 11) is 0. The Morgan fingerprint density at radius 1 is 1.38 bits per heavy atom. The van der Waals surface area contributed by atoms with Crippen molar-refractivity contribution in [3.63, 3.8) is 0 Å². The van der Waals surface area contributed by atoms with Gasteiger partial charge < -0.3 is 10.5 Å². The van der Waals surface area contributed by atoms with Crippen molar-refractivity contribution in [1.29, 1.82) is 0 Å². The normalized spacial score (nSPS) is 23.9. The maximum atomic E-state index is 13.5. The lowest BCUT2D eigenvalue weighted by molar-refractivity contribution is -0.145. The molecule has 3 atom stereocenters. The van der Waals surface area contributed by atoms with E-state index in [1.807, 2.05) is 30.3 Å². The molecule has 0 spiro atoms. The summed E-state index contributed by atoms with van der Waals surface area (Å²) in [6.45, 7) is 3.07. The van der Waals surface area contributed by atoms with Gasteiger partial charge in [0.1, 0.15) is 11.8 Å². The maximum Gasteiger partial charge on any atom is 0.309 e. The highest BCUT2D eigenvalue weighted by atomic mass is 19.1. The molecule has 0 aliphatic carbocycles. The molecule has 2 rings (SSSR count). The Labute approximate surface area is 125 Å². The van der Waals surface area contributed by atoms with E-state index in [0.29, 0.717) is 25.7 Å². The van der Waals surface area contributed by atoms with Crippen LogP contribution in [0.25, 0.3) is 0 Å². The summed E-state index contributed by atoms with van der Waals surface area (Å²) >= 11 is 0. The number of carbonyl (C=O) groups excluding carboxylic acids is 1. The summed E-state index contributed by atoms with van der Waals surface area (Å²) in [6.07, 6.45) is 1.92. The van der Waals surface area contributed by atoms with Crippen LogP contribution in [0.2, 0.25) is 0 Å². The van der Waals surface area contributed by atoms with Gasteiger partial charge in [0.15, 0.2) is 0 Å². The molecule has 3 nitrogen and oxygen atoms in total. The molecule has 0 aromatic heterocycles. The topological polar surface area (TPSA) is 52.3 Å². The first-order valence-electron chi connectivity index (χ1n) is 7.54. The fourth-order valence-corrected chi connectivity index (χ4v) is 2.70. The van der Waals surface area contributed by atoms with Crippen LogP contribution in [0, 0.1) is 5.92 Å². The lowest BCUT2D eigenvalue weighted by Gasteiger charge is -2.18. The van der Waals surface area contributed by atoms with Gasteiger partial charge in [-0.15, -0.1) is 0 Å². The van der Waals surface area contributed by atoms with Crippen molar-refractivity contribution in [3.05, 3.63) is 35.9 Å². The van der Waals surface area contributed by atoms with Crippen LogP contribution in [0.15, 0.2) is 30.3 Å². The lowest BCUT2D eigenvalue weighted by Crippen LogP contribution is -2.36. The molecule has 4 heteroatoms. The number of carbonyl (C=O) groups is 1. The fourth-order valence-electron chi connectivity index (χ4n) is 2.70. The summed E-state index contributed by atoms with van der Waals surface area (Å²) in [5, 5.41) is 0. The van der Waals surface area contributed by atoms with Gasteiger partial charge in [0.05, 0.1) is 5.92 Å². The SMILES string of the molecule is CC(C)(F)CCC1CC(C(N)Cc2ccccc2)OC1=O. The minimum atomic E-state index is -1.25. The zero-order chi connectivity index (χ0) is 15.5. The average Bonchev–Trinajstić information content (AvgIpc) is 2.78. The highest BCUT2D eigenvalue weighted by Crippen LogP contribution is 2.30. The third kappa shape index (κ3) is 4.81. The van der Waals surface area contributed by atoms with E-state index in [1.54, 1.807) is 0 Å². The monoisotopic (exact) mass is 293 g/mol. The van der Waals surface area contributed by atoms with Gasteiger partial charge in [-0.1, -0.05) is 30.3 Å². The highest BCUT2D eigenvalue weighted by molar-refractivity contribution is 5.74. The standard InChI is InChI=1S/C17H24FNO2/c1-17(2,18)9-8-13-11-15(21-16(13)20)14(19)10-12-6-4-3-5-7-12/h3-7,13-15H,8-11,19H2,1-2H3. The maximum absolute atomic E-state index is 13.5. The van der Waals surface area contributed by atoms with E-state index < -0.39 is 5.67 Å². The van der Waals surface area contributed by atoms with Crippen molar-refractivity contribution in [2.45, 2.75) is 57.3 Å². The second-order valence-electron chi connectivity index (χ2n) is 6.52. The van der Waals surface area contributed by atoms with Crippen LogP contribution < -0.4 is 5.73 Å². The molecular weight excluding hydrogens is 269 g/mol. The first-order valence-corrected chi connectivity index (χ1v) is 7.54. The van der Waals surface area contributed by atoms with Crippen LogP contribution in [-0.2, 0) is 16.0 Å². The van der Waals surface area contributed by atoms with Crippen LogP contribution in [0.1, 0.15) is 38.7 Å². The number of esters is 1. The molecule has 1 aromatic carbocycles. The van der Waals surface area contributed by atoms with Gasteiger partial charge >= 0.3 is 5.97 Å². The molecule has 116 valence electrons. The van der Waals surface area contributed by atoms with Crippen LogP contribution in [-0.4, -0.2) is 23.8 Å². The molecule has 1 aliphatic heterocycles. The average molecular weight is 293 g/mol. The van der Waals surface area contributed by atoms with E-state index in [2.05, 4.69) is 0 Å². The van der Waals surface area contributed by atoms with Crippen molar-refractivity contribution >= 4 is 5.97 Å². The molecule has 0 radical (unpaired) electrons. The summed E-state index contributed by atoms with van der Waals surface area (Å²) in [5.41, 5.74) is 6.05.